The highest BCUT2D eigenvalue weighted by molar-refractivity contribution is 6.18. The Bertz CT molecular complexity index is 1560. The van der Waals surface area contributed by atoms with Crippen LogP contribution in [0.1, 0.15) is 52.0 Å². The Morgan fingerprint density at radius 2 is 1.71 bits per heavy atom. The zero-order valence-electron chi connectivity index (χ0n) is 23.0. The van der Waals surface area contributed by atoms with Crippen LogP contribution in [0.2, 0.25) is 0 Å². The topological polar surface area (TPSA) is 102 Å². The van der Waals surface area contributed by atoms with Crippen molar-refractivity contribution in [3.05, 3.63) is 76.5 Å². The van der Waals surface area contributed by atoms with E-state index in [1.165, 1.54) is 12.1 Å². The van der Waals surface area contributed by atoms with E-state index in [-0.39, 0.29) is 25.9 Å². The van der Waals surface area contributed by atoms with Gasteiger partial charge in [0.15, 0.2) is 0 Å². The number of hydrogen-bond acceptors (Lipinski definition) is 5. The number of carboxylic acids is 1. The predicted molar refractivity (Wildman–Crippen MR) is 148 cm³/mol. The summed E-state index contributed by atoms with van der Waals surface area (Å²) in [7, 11) is 0. The average molecular weight is 566 g/mol. The smallest absolute Gasteiger partial charge is 0.418 e. The molecule has 1 N–H and O–H groups in total. The standard InChI is InChI=1S/C31H30F3N3O4/c1-4-5-16-37-28(40)21(26(31(32,33)34)22(18-35)29(37)41)13-15-24-30(2,3)27-20-10-7-6-9-19(20)12-14-23(27)36(24)17-8-11-25(38)39/h6-7,9-10,12-15H,4-5,8,11,16-17H2,1-3H3,(H,38,39)/b21-13-,24-15+. The third kappa shape index (κ3) is 5.36. The lowest BCUT2D eigenvalue weighted by atomic mass is 9.81. The Kier molecular flexibility index (Phi) is 8.11. The number of halogens is 3. The van der Waals surface area contributed by atoms with Crippen LogP contribution in [0.5, 0.6) is 0 Å². The fraction of sp³-hybridized carbons (Fsp3) is 0.355. The predicted octanol–water partition coefficient (Wildman–Crippen LogP) is 6.16. The number of imide groups is 1. The van der Waals surface area contributed by atoms with Crippen molar-refractivity contribution in [2.45, 2.75) is 58.0 Å². The molecule has 10 heteroatoms. The number of aliphatic carboxylic acids is 1. The molecule has 0 atom stereocenters. The van der Waals surface area contributed by atoms with E-state index in [1.54, 1.807) is 0 Å². The van der Waals surface area contributed by atoms with Gasteiger partial charge in [-0.2, -0.15) is 18.4 Å². The zero-order chi connectivity index (χ0) is 30.1. The van der Waals surface area contributed by atoms with Gasteiger partial charge in [-0.25, -0.2) is 0 Å². The fourth-order valence-electron chi connectivity index (χ4n) is 5.62. The van der Waals surface area contributed by atoms with Crippen molar-refractivity contribution < 1.29 is 32.7 Å². The normalized spacial score (nSPS) is 19.0. The maximum atomic E-state index is 14.3. The van der Waals surface area contributed by atoms with Crippen LogP contribution in [-0.4, -0.2) is 47.1 Å². The summed E-state index contributed by atoms with van der Waals surface area (Å²) in [5.41, 5.74) is -1.90. The van der Waals surface area contributed by atoms with Gasteiger partial charge >= 0.3 is 12.1 Å². The molecule has 0 unspecified atom stereocenters. The van der Waals surface area contributed by atoms with Crippen LogP contribution in [0.3, 0.4) is 0 Å². The van der Waals surface area contributed by atoms with Gasteiger partial charge in [0.2, 0.25) is 0 Å². The molecule has 2 aromatic carbocycles. The summed E-state index contributed by atoms with van der Waals surface area (Å²) in [6.45, 7) is 5.81. The first-order valence-corrected chi connectivity index (χ1v) is 13.4. The van der Waals surface area contributed by atoms with Gasteiger partial charge in [0, 0.05) is 36.3 Å². The number of carboxylic acid groups (broad SMARTS) is 1. The van der Waals surface area contributed by atoms with Gasteiger partial charge in [-0.15, -0.1) is 0 Å². The summed E-state index contributed by atoms with van der Waals surface area (Å²) in [4.78, 5) is 39.9. The monoisotopic (exact) mass is 565 g/mol. The van der Waals surface area contributed by atoms with Gasteiger partial charge in [0.05, 0.1) is 11.1 Å². The van der Waals surface area contributed by atoms with E-state index in [0.29, 0.717) is 23.4 Å². The number of benzene rings is 2. The maximum Gasteiger partial charge on any atom is 0.418 e. The highest BCUT2D eigenvalue weighted by Crippen LogP contribution is 2.51. The molecule has 2 amide bonds. The molecule has 214 valence electrons. The number of amides is 2. The molecular weight excluding hydrogens is 535 g/mol. The molecule has 41 heavy (non-hydrogen) atoms. The summed E-state index contributed by atoms with van der Waals surface area (Å²) in [6.07, 6.45) is -1.52. The van der Waals surface area contributed by atoms with E-state index in [9.17, 15) is 37.9 Å². The van der Waals surface area contributed by atoms with E-state index in [0.717, 1.165) is 28.1 Å². The van der Waals surface area contributed by atoms with Gasteiger partial charge < -0.3 is 10.0 Å². The van der Waals surface area contributed by atoms with E-state index in [4.69, 9.17) is 0 Å². The SMILES string of the molecule is CCCCN1C(=O)C(C#N)=C(C(F)(F)F)/C(=C/C=C2/N(CCCC(=O)O)c3ccc4ccccc4c3C2(C)C)C1=O. The number of nitriles is 1. The molecule has 0 radical (unpaired) electrons. The summed E-state index contributed by atoms with van der Waals surface area (Å²) >= 11 is 0. The molecule has 2 heterocycles. The molecule has 0 fully saturated rings. The number of fused-ring (bicyclic) bond motifs is 3. The number of carbonyl (C=O) groups is 3. The number of carbonyl (C=O) groups excluding carboxylic acids is 2. The Balaban J connectivity index is 1.93. The Labute approximate surface area is 235 Å². The van der Waals surface area contributed by atoms with Crippen molar-refractivity contribution in [1.29, 1.82) is 5.26 Å². The Morgan fingerprint density at radius 1 is 1.02 bits per heavy atom. The third-order valence-corrected chi connectivity index (χ3v) is 7.52. The van der Waals surface area contributed by atoms with E-state index >= 15 is 0 Å². The molecular formula is C31H30F3N3O4. The largest absolute Gasteiger partial charge is 0.481 e. The number of unbranched alkanes of at least 4 members (excludes halogenated alkanes) is 1. The molecule has 7 nitrogen and oxygen atoms in total. The quantitative estimate of drug-likeness (QED) is 0.304. The van der Waals surface area contributed by atoms with E-state index in [2.05, 4.69) is 0 Å². The van der Waals surface area contributed by atoms with Crippen LogP contribution in [-0.2, 0) is 19.8 Å². The van der Waals surface area contributed by atoms with Crippen molar-refractivity contribution in [1.82, 2.24) is 4.90 Å². The molecule has 2 aliphatic rings. The van der Waals surface area contributed by atoms with Crippen LogP contribution in [0.4, 0.5) is 18.9 Å². The number of anilines is 1. The Hall–Kier alpha value is -4.39. The lowest BCUT2D eigenvalue weighted by Gasteiger charge is -2.30. The van der Waals surface area contributed by atoms with Crippen LogP contribution in [0, 0.1) is 11.3 Å². The van der Waals surface area contributed by atoms with Crippen molar-refractivity contribution in [2.24, 2.45) is 0 Å². The van der Waals surface area contributed by atoms with Gasteiger partial charge in [-0.3, -0.25) is 19.3 Å². The number of nitrogens with zero attached hydrogens (tertiary/aromatic N) is 3. The second kappa shape index (κ2) is 11.2. The minimum Gasteiger partial charge on any atom is -0.481 e. The summed E-state index contributed by atoms with van der Waals surface area (Å²) in [5.74, 6) is -3.33. The number of rotatable bonds is 8. The second-order valence-corrected chi connectivity index (χ2v) is 10.6. The second-order valence-electron chi connectivity index (χ2n) is 10.6. The lowest BCUT2D eigenvalue weighted by Crippen LogP contribution is -2.45. The minimum absolute atomic E-state index is 0.103. The molecule has 0 aromatic heterocycles. The molecule has 2 aliphatic heterocycles. The summed E-state index contributed by atoms with van der Waals surface area (Å²) in [5, 5.41) is 20.7. The molecule has 0 spiro atoms. The third-order valence-electron chi connectivity index (χ3n) is 7.52. The minimum atomic E-state index is -5.12. The molecule has 0 saturated carbocycles. The summed E-state index contributed by atoms with van der Waals surface area (Å²) in [6, 6.07) is 12.9. The number of hydrogen-bond donors (Lipinski definition) is 1. The van der Waals surface area contributed by atoms with E-state index < -0.39 is 46.1 Å². The van der Waals surface area contributed by atoms with Gasteiger partial charge in [0.25, 0.3) is 11.8 Å². The number of allylic oxidation sites excluding steroid dienone is 3. The van der Waals surface area contributed by atoms with Crippen LogP contribution >= 0.6 is 0 Å². The Morgan fingerprint density at radius 3 is 2.34 bits per heavy atom. The lowest BCUT2D eigenvalue weighted by molar-refractivity contribution is -0.143. The maximum absolute atomic E-state index is 14.3. The highest BCUT2D eigenvalue weighted by Gasteiger charge is 2.49. The molecule has 0 saturated heterocycles. The molecule has 0 aliphatic carbocycles. The van der Waals surface area contributed by atoms with Crippen molar-refractivity contribution in [2.75, 3.05) is 18.0 Å². The first-order chi connectivity index (χ1) is 19.3. The fourth-order valence-corrected chi connectivity index (χ4v) is 5.62. The van der Waals surface area contributed by atoms with Crippen molar-refractivity contribution >= 4 is 34.2 Å². The summed E-state index contributed by atoms with van der Waals surface area (Å²) < 4.78 is 42.8. The van der Waals surface area contributed by atoms with Crippen LogP contribution in [0.25, 0.3) is 10.8 Å². The van der Waals surface area contributed by atoms with E-state index in [1.807, 2.05) is 62.1 Å². The highest BCUT2D eigenvalue weighted by atomic mass is 19.4. The molecule has 2 aromatic rings. The van der Waals surface area contributed by atoms with Crippen molar-refractivity contribution in [3.63, 3.8) is 0 Å². The first kappa shape index (κ1) is 29.6. The van der Waals surface area contributed by atoms with Gasteiger partial charge in [0.1, 0.15) is 11.6 Å². The first-order valence-electron chi connectivity index (χ1n) is 13.4. The van der Waals surface area contributed by atoms with Gasteiger partial charge in [-0.1, -0.05) is 57.5 Å². The molecule has 4 rings (SSSR count). The van der Waals surface area contributed by atoms with Crippen LogP contribution in [0.15, 0.2) is 71.0 Å². The average Bonchev–Trinajstić information content (AvgIpc) is 3.12. The molecule has 0 bridgehead atoms. The number of alkyl halides is 3. The van der Waals surface area contributed by atoms with Crippen LogP contribution < -0.4 is 4.90 Å². The zero-order valence-corrected chi connectivity index (χ0v) is 23.0. The van der Waals surface area contributed by atoms with Crippen molar-refractivity contribution in [3.8, 4) is 6.07 Å². The van der Waals surface area contributed by atoms with Gasteiger partial charge in [-0.05, 0) is 47.4 Å².